The first kappa shape index (κ1) is 33.7. The normalized spacial score (nSPS) is 11.0. The van der Waals surface area contributed by atoms with Gasteiger partial charge < -0.3 is 0 Å². The fourth-order valence-electron chi connectivity index (χ4n) is 5.80. The van der Waals surface area contributed by atoms with Crippen molar-refractivity contribution in [3.05, 3.63) is 186 Å². The van der Waals surface area contributed by atoms with Crippen LogP contribution in [0, 0.1) is 40.5 Å². The molecule has 6 aromatic carbocycles. The molecule has 0 spiro atoms. The van der Waals surface area contributed by atoms with Gasteiger partial charge >= 0.3 is 0 Å². The van der Waals surface area contributed by atoms with E-state index in [0.29, 0.717) is 21.7 Å². The average Bonchev–Trinajstić information content (AvgIpc) is 3.13. The molecule has 0 aliphatic rings. The molecular weight excluding hydrogens is 678 g/mol. The molecule has 0 heterocycles. The summed E-state index contributed by atoms with van der Waals surface area (Å²) in [4.78, 5) is 47.4. The number of hydrogen-bond acceptors (Lipinski definition) is 8. The second-order valence-corrected chi connectivity index (χ2v) is 14.9. The van der Waals surface area contributed by atoms with Gasteiger partial charge in [-0.15, -0.1) is 0 Å². The first-order valence-electron chi connectivity index (χ1n) is 14.9. The van der Waals surface area contributed by atoms with Crippen molar-refractivity contribution < 1.29 is 19.7 Å². The van der Waals surface area contributed by atoms with Gasteiger partial charge in [-0.2, -0.15) is 0 Å². The molecule has 0 aromatic heterocycles. The maximum atomic E-state index is 12.4. The lowest BCUT2D eigenvalue weighted by Crippen LogP contribution is -2.28. The van der Waals surface area contributed by atoms with E-state index < -0.39 is 35.5 Å². The summed E-state index contributed by atoms with van der Waals surface area (Å²) in [5, 5.41) is 51.7. The molecular formula is C36H24N4O8P2. The monoisotopic (exact) mass is 702 g/mol. The molecule has 0 amide bonds. The van der Waals surface area contributed by atoms with Gasteiger partial charge in [-0.05, 0) is 46.0 Å². The lowest BCUT2D eigenvalue weighted by Gasteiger charge is -2.25. The minimum Gasteiger partial charge on any atom is -0.258 e. The van der Waals surface area contributed by atoms with Crippen molar-refractivity contribution in [1.82, 2.24) is 0 Å². The molecule has 0 bridgehead atoms. The molecule has 0 aliphatic carbocycles. The number of nitrogens with zero attached hydrogens (tertiary/aromatic N) is 4. The predicted molar refractivity (Wildman–Crippen MR) is 196 cm³/mol. The molecule has 14 heteroatoms. The van der Waals surface area contributed by atoms with Crippen molar-refractivity contribution in [3.8, 4) is 11.1 Å². The van der Waals surface area contributed by atoms with Crippen molar-refractivity contribution in [2.45, 2.75) is 0 Å². The molecule has 12 nitrogen and oxygen atoms in total. The van der Waals surface area contributed by atoms with Crippen LogP contribution in [0.5, 0.6) is 0 Å². The highest BCUT2D eigenvalue weighted by Crippen LogP contribution is 2.45. The first-order chi connectivity index (χ1) is 24.2. The molecule has 0 unspecified atom stereocenters. The van der Waals surface area contributed by atoms with Crippen LogP contribution in [0.3, 0.4) is 0 Å². The SMILES string of the molecule is O=[N+]([O-])c1ccccc1P(c1ccccc1-c1ccccc1P(c1ccccc1[N+](=O)[O-])c1ccccc1[N+](=O)[O-])c1ccccc1[N+](=O)[O-]. The van der Waals surface area contributed by atoms with Crippen molar-refractivity contribution in [1.29, 1.82) is 0 Å². The van der Waals surface area contributed by atoms with Gasteiger partial charge in [0.25, 0.3) is 22.7 Å². The Morgan fingerprint density at radius 2 is 0.500 bits per heavy atom. The minimum absolute atomic E-state index is 0.207. The van der Waals surface area contributed by atoms with Crippen LogP contribution in [0.1, 0.15) is 0 Å². The van der Waals surface area contributed by atoms with Gasteiger partial charge in [0.2, 0.25) is 0 Å². The third-order valence-corrected chi connectivity index (χ3v) is 13.0. The van der Waals surface area contributed by atoms with E-state index in [2.05, 4.69) is 0 Å². The summed E-state index contributed by atoms with van der Waals surface area (Å²) in [6.07, 6.45) is 0. The van der Waals surface area contributed by atoms with Crippen LogP contribution in [-0.2, 0) is 0 Å². The lowest BCUT2D eigenvalue weighted by molar-refractivity contribution is -0.384. The van der Waals surface area contributed by atoms with Gasteiger partial charge in [-0.1, -0.05) is 97.1 Å². The number of rotatable bonds is 11. The number of benzene rings is 6. The fourth-order valence-corrected chi connectivity index (χ4v) is 11.2. The standard InChI is InChI=1S/C36H24N4O8P2/c41-37(42)27-15-3-9-21-33(27)49(34-22-10-4-16-28(34)38(43)44)31-19-7-1-13-25(31)26-14-2-8-20-32(26)50(35-23-11-5-17-29(35)39(45)46)36-24-12-6-18-30(36)40(47)48/h1-24H. The Morgan fingerprint density at radius 1 is 0.300 bits per heavy atom. The van der Waals surface area contributed by atoms with Crippen molar-refractivity contribution in [2.24, 2.45) is 0 Å². The number of hydrogen-bond donors (Lipinski definition) is 0. The summed E-state index contributed by atoms with van der Waals surface area (Å²) in [5.41, 5.74) is 0.304. The Kier molecular flexibility index (Phi) is 9.76. The Labute approximate surface area is 286 Å². The molecule has 246 valence electrons. The molecule has 0 atom stereocenters. The molecule has 50 heavy (non-hydrogen) atoms. The predicted octanol–water partition coefficient (Wildman–Crippen LogP) is 6.50. The second kappa shape index (κ2) is 14.5. The Bertz CT molecular complexity index is 2030. The van der Waals surface area contributed by atoms with E-state index in [1.807, 2.05) is 0 Å². The van der Waals surface area contributed by atoms with E-state index in [-0.39, 0.29) is 44.0 Å². The molecule has 6 aromatic rings. The zero-order valence-electron chi connectivity index (χ0n) is 25.8. The van der Waals surface area contributed by atoms with Crippen LogP contribution in [-0.4, -0.2) is 19.7 Å². The number of para-hydroxylation sites is 4. The van der Waals surface area contributed by atoms with Gasteiger partial charge in [-0.25, -0.2) is 0 Å². The number of nitro benzene ring substituents is 4. The Morgan fingerprint density at radius 3 is 0.740 bits per heavy atom. The van der Waals surface area contributed by atoms with Crippen LogP contribution >= 0.6 is 15.8 Å². The molecule has 0 N–H and O–H groups in total. The maximum Gasteiger partial charge on any atom is 0.277 e. The highest BCUT2D eigenvalue weighted by molar-refractivity contribution is 7.81. The van der Waals surface area contributed by atoms with Gasteiger partial charge in [0.05, 0.1) is 40.9 Å². The molecule has 0 saturated heterocycles. The summed E-state index contributed by atoms with van der Waals surface area (Å²) in [7, 11) is -3.93. The topological polar surface area (TPSA) is 173 Å². The Hall–Kier alpha value is -6.22. The van der Waals surface area contributed by atoms with Crippen LogP contribution in [0.25, 0.3) is 11.1 Å². The number of nitro groups is 4. The van der Waals surface area contributed by atoms with Gasteiger partial charge in [-0.3, -0.25) is 40.5 Å². The van der Waals surface area contributed by atoms with Crippen molar-refractivity contribution in [3.63, 3.8) is 0 Å². The van der Waals surface area contributed by atoms with E-state index in [4.69, 9.17) is 0 Å². The van der Waals surface area contributed by atoms with E-state index >= 15 is 0 Å². The first-order valence-corrected chi connectivity index (χ1v) is 17.6. The summed E-state index contributed by atoms with van der Waals surface area (Å²) in [5.74, 6) is 0. The quantitative estimate of drug-likeness (QED) is 0.0836. The maximum absolute atomic E-state index is 12.4. The van der Waals surface area contributed by atoms with Crippen LogP contribution in [0.4, 0.5) is 22.7 Å². The van der Waals surface area contributed by atoms with Gasteiger partial charge in [0.15, 0.2) is 0 Å². The lowest BCUT2D eigenvalue weighted by atomic mass is 10.1. The van der Waals surface area contributed by atoms with E-state index in [1.54, 1.807) is 97.1 Å². The molecule has 0 radical (unpaired) electrons. The minimum atomic E-state index is -1.96. The van der Waals surface area contributed by atoms with Crippen LogP contribution < -0.4 is 31.8 Å². The molecule has 0 saturated carbocycles. The van der Waals surface area contributed by atoms with Gasteiger partial charge in [0, 0.05) is 40.1 Å². The second-order valence-electron chi connectivity index (χ2n) is 10.7. The highest BCUT2D eigenvalue weighted by Gasteiger charge is 2.35. The van der Waals surface area contributed by atoms with E-state index in [0.717, 1.165) is 0 Å². The largest absolute Gasteiger partial charge is 0.277 e. The molecule has 0 aliphatic heterocycles. The molecule has 6 rings (SSSR count). The van der Waals surface area contributed by atoms with Gasteiger partial charge in [0.1, 0.15) is 0 Å². The third kappa shape index (κ3) is 6.45. The summed E-state index contributed by atoms with van der Waals surface area (Å²) >= 11 is 0. The van der Waals surface area contributed by atoms with Crippen LogP contribution in [0.2, 0.25) is 0 Å². The van der Waals surface area contributed by atoms with Crippen molar-refractivity contribution >= 4 is 70.4 Å². The van der Waals surface area contributed by atoms with Crippen LogP contribution in [0.15, 0.2) is 146 Å². The van der Waals surface area contributed by atoms with Crippen molar-refractivity contribution in [2.75, 3.05) is 0 Å². The average molecular weight is 703 g/mol. The van der Waals surface area contributed by atoms with E-state index in [1.165, 1.54) is 48.5 Å². The summed E-state index contributed by atoms with van der Waals surface area (Å²) < 4.78 is 0. The summed E-state index contributed by atoms with van der Waals surface area (Å²) in [6.45, 7) is 0. The zero-order valence-corrected chi connectivity index (χ0v) is 27.6. The smallest absolute Gasteiger partial charge is 0.258 e. The van der Waals surface area contributed by atoms with E-state index in [9.17, 15) is 40.5 Å². The molecule has 0 fully saturated rings. The highest BCUT2D eigenvalue weighted by atomic mass is 31.1. The fraction of sp³-hybridized carbons (Fsp3) is 0. The zero-order chi connectivity index (χ0) is 35.4. The summed E-state index contributed by atoms with van der Waals surface area (Å²) in [6, 6.07) is 38.6. The third-order valence-electron chi connectivity index (χ3n) is 7.86. The Balaban J connectivity index is 1.70.